The van der Waals surface area contributed by atoms with E-state index in [1.165, 1.54) is 4.90 Å². The second kappa shape index (κ2) is 8.99. The molecule has 3 rings (SSSR count). The zero-order chi connectivity index (χ0) is 22.8. The third kappa shape index (κ3) is 4.68. The van der Waals surface area contributed by atoms with Gasteiger partial charge in [-0.15, -0.1) is 5.10 Å². The normalized spacial score (nSPS) is 18.0. The van der Waals surface area contributed by atoms with E-state index in [4.69, 9.17) is 27.9 Å². The number of halogens is 2. The van der Waals surface area contributed by atoms with E-state index in [9.17, 15) is 9.59 Å². The van der Waals surface area contributed by atoms with Gasteiger partial charge in [0, 0.05) is 22.8 Å². The molecule has 1 unspecified atom stereocenters. The Labute approximate surface area is 190 Å². The van der Waals surface area contributed by atoms with Gasteiger partial charge in [-0.3, -0.25) is 14.5 Å². The van der Waals surface area contributed by atoms with Crippen LogP contribution in [0.15, 0.2) is 66.1 Å². The molecule has 2 aromatic rings. The predicted octanol–water partition coefficient (Wildman–Crippen LogP) is 4.36. The van der Waals surface area contributed by atoms with Crippen molar-refractivity contribution in [1.82, 2.24) is 10.3 Å². The molecule has 1 aliphatic rings. The van der Waals surface area contributed by atoms with Crippen LogP contribution in [0, 0.1) is 0 Å². The lowest BCUT2D eigenvalue weighted by atomic mass is 9.92. The van der Waals surface area contributed by atoms with Crippen LogP contribution in [0.3, 0.4) is 0 Å². The molecule has 2 amide bonds. The van der Waals surface area contributed by atoms with Crippen LogP contribution < -0.4 is 10.7 Å². The van der Waals surface area contributed by atoms with Gasteiger partial charge in [0.15, 0.2) is 5.88 Å². The van der Waals surface area contributed by atoms with Crippen LogP contribution in [0.25, 0.3) is 0 Å². The van der Waals surface area contributed by atoms with Gasteiger partial charge in [-0.05, 0) is 44.2 Å². The lowest BCUT2D eigenvalue weighted by Gasteiger charge is -2.42. The van der Waals surface area contributed by atoms with Gasteiger partial charge in [-0.1, -0.05) is 53.5 Å². The summed E-state index contributed by atoms with van der Waals surface area (Å²) < 4.78 is 5.78. The Kier molecular flexibility index (Phi) is 6.57. The molecule has 31 heavy (non-hydrogen) atoms. The molecule has 0 spiro atoms. The van der Waals surface area contributed by atoms with Gasteiger partial charge in [0.05, 0.1) is 0 Å². The van der Waals surface area contributed by atoms with Crippen molar-refractivity contribution >= 4 is 46.6 Å². The Morgan fingerprint density at radius 3 is 2.35 bits per heavy atom. The molecule has 1 fully saturated rings. The molecule has 9 heteroatoms. The fourth-order valence-electron chi connectivity index (χ4n) is 3.31. The topological polar surface area (TPSA) is 83.0 Å². The molecule has 162 valence electrons. The fourth-order valence-corrected chi connectivity index (χ4v) is 3.84. The first kappa shape index (κ1) is 22.7. The Morgan fingerprint density at radius 1 is 1.16 bits per heavy atom. The van der Waals surface area contributed by atoms with Crippen LogP contribution in [0.1, 0.15) is 25.3 Å². The summed E-state index contributed by atoms with van der Waals surface area (Å²) in [5.41, 5.74) is 2.38. The molecule has 1 heterocycles. The molecule has 0 aliphatic carbocycles. The van der Waals surface area contributed by atoms with Crippen LogP contribution in [0.4, 0.5) is 5.69 Å². The van der Waals surface area contributed by atoms with E-state index in [0.29, 0.717) is 21.3 Å². The molecule has 1 atom stereocenters. The van der Waals surface area contributed by atoms with E-state index in [1.807, 2.05) is 18.2 Å². The van der Waals surface area contributed by atoms with Gasteiger partial charge in [-0.25, -0.2) is 0 Å². The molecular weight excluding hydrogens is 439 g/mol. The molecule has 2 N–H and O–H groups in total. The zero-order valence-corrected chi connectivity index (χ0v) is 18.8. The number of hydrogen-bond donors (Lipinski definition) is 2. The maximum Gasteiger partial charge on any atom is 0.250 e. The van der Waals surface area contributed by atoms with Crippen LogP contribution in [0.2, 0.25) is 10.0 Å². The van der Waals surface area contributed by atoms with Crippen molar-refractivity contribution in [2.75, 3.05) is 12.4 Å². The third-order valence-electron chi connectivity index (χ3n) is 4.78. The number of hydrogen-bond acceptors (Lipinski definition) is 5. The molecule has 1 saturated heterocycles. The highest BCUT2D eigenvalue weighted by molar-refractivity contribution is 6.35. The van der Waals surface area contributed by atoms with Crippen molar-refractivity contribution in [3.63, 3.8) is 0 Å². The number of nitrogens with zero attached hydrogens (tertiary/aromatic N) is 2. The van der Waals surface area contributed by atoms with Gasteiger partial charge < -0.3 is 15.5 Å². The van der Waals surface area contributed by atoms with Crippen LogP contribution >= 0.6 is 23.2 Å². The minimum Gasteiger partial charge on any atom is -0.424 e. The highest BCUT2D eigenvalue weighted by atomic mass is 35.5. The Morgan fingerprint density at radius 2 is 1.77 bits per heavy atom. The van der Waals surface area contributed by atoms with Gasteiger partial charge in [0.25, 0.3) is 0 Å². The molecule has 0 bridgehead atoms. The first-order valence-electron chi connectivity index (χ1n) is 9.42. The Balaban J connectivity index is 1.95. The number of carbonyl (C=O) groups excluding carboxylic acids is 2. The van der Waals surface area contributed by atoms with E-state index in [0.717, 1.165) is 0 Å². The third-order valence-corrected chi connectivity index (χ3v) is 5.21. The number of ether oxygens (including phenoxy) is 1. The van der Waals surface area contributed by atoms with Crippen LogP contribution in [-0.2, 0) is 14.3 Å². The number of benzene rings is 2. The fraction of sp³-hybridized carbons (Fsp3) is 0.227. The maximum atomic E-state index is 13.6. The minimum atomic E-state index is -1.35. The lowest BCUT2D eigenvalue weighted by molar-refractivity contribution is -0.145. The highest BCUT2D eigenvalue weighted by Gasteiger charge is 2.48. The summed E-state index contributed by atoms with van der Waals surface area (Å²) in [6.45, 7) is 7.04. The number of hydrazone groups is 1. The molecule has 1 aliphatic heterocycles. The van der Waals surface area contributed by atoms with Gasteiger partial charge in [0.1, 0.15) is 11.5 Å². The average Bonchev–Trinajstić information content (AvgIpc) is 2.67. The summed E-state index contributed by atoms with van der Waals surface area (Å²) in [5.74, 6) is -1.55. The zero-order valence-electron chi connectivity index (χ0n) is 17.3. The summed E-state index contributed by atoms with van der Waals surface area (Å²) in [6.07, 6.45) is 0. The Hall–Kier alpha value is -3.03. The van der Waals surface area contributed by atoms with Gasteiger partial charge in [-0.2, -0.15) is 0 Å². The molecule has 7 nitrogen and oxygen atoms in total. The SMILES string of the molecule is C=C1OC(=NNC)C(c2ccccc2)C(=O)N1C(C)(C)C(=O)Nc1cc(Cl)cc(Cl)c1. The molecular formula is C22H22Cl2N4O3. The molecule has 0 aromatic heterocycles. The van der Waals surface area contributed by atoms with Gasteiger partial charge in [0.2, 0.25) is 17.7 Å². The van der Waals surface area contributed by atoms with Crippen molar-refractivity contribution in [3.05, 3.63) is 76.6 Å². The summed E-state index contributed by atoms with van der Waals surface area (Å²) >= 11 is 12.0. The first-order chi connectivity index (χ1) is 14.6. The summed E-state index contributed by atoms with van der Waals surface area (Å²) in [5, 5.41) is 7.60. The summed E-state index contributed by atoms with van der Waals surface area (Å²) in [4.78, 5) is 28.0. The van der Waals surface area contributed by atoms with Crippen LogP contribution in [0.5, 0.6) is 0 Å². The van der Waals surface area contributed by atoms with Crippen LogP contribution in [-0.4, -0.2) is 35.2 Å². The predicted molar refractivity (Wildman–Crippen MR) is 122 cm³/mol. The quantitative estimate of drug-likeness (QED) is 0.649. The lowest BCUT2D eigenvalue weighted by Crippen LogP contribution is -2.59. The highest BCUT2D eigenvalue weighted by Crippen LogP contribution is 2.35. The number of nitrogens with one attached hydrogen (secondary N) is 2. The second-order valence-corrected chi connectivity index (χ2v) is 8.23. The maximum absolute atomic E-state index is 13.6. The Bertz CT molecular complexity index is 1030. The van der Waals surface area contributed by atoms with E-state index in [1.54, 1.807) is 51.2 Å². The standard InChI is InChI=1S/C22H22Cl2N4O3/c1-13-28(22(2,3)21(30)26-17-11-15(23)10-16(24)12-17)20(29)18(19(31-13)27-25-4)14-8-6-5-7-9-14/h5-12,18,25H,1H2,2-4H3,(H,26,30). The number of carbonyl (C=O) groups is 2. The van der Waals surface area contributed by atoms with Crippen molar-refractivity contribution in [2.24, 2.45) is 5.10 Å². The van der Waals surface area contributed by atoms with E-state index in [2.05, 4.69) is 22.4 Å². The monoisotopic (exact) mass is 460 g/mol. The minimum absolute atomic E-state index is 0.00421. The number of amides is 2. The van der Waals surface area contributed by atoms with E-state index >= 15 is 0 Å². The molecule has 2 aromatic carbocycles. The molecule has 0 radical (unpaired) electrons. The smallest absolute Gasteiger partial charge is 0.250 e. The van der Waals surface area contributed by atoms with E-state index in [-0.39, 0.29) is 17.7 Å². The summed E-state index contributed by atoms with van der Waals surface area (Å²) in [6, 6.07) is 13.7. The van der Waals surface area contributed by atoms with Crippen molar-refractivity contribution < 1.29 is 14.3 Å². The van der Waals surface area contributed by atoms with Crippen molar-refractivity contribution in [3.8, 4) is 0 Å². The number of rotatable bonds is 5. The van der Waals surface area contributed by atoms with Crippen molar-refractivity contribution in [1.29, 1.82) is 0 Å². The van der Waals surface area contributed by atoms with Gasteiger partial charge >= 0.3 is 0 Å². The second-order valence-electron chi connectivity index (χ2n) is 7.36. The largest absolute Gasteiger partial charge is 0.424 e. The molecule has 0 saturated carbocycles. The first-order valence-corrected chi connectivity index (χ1v) is 10.2. The van der Waals surface area contributed by atoms with Crippen molar-refractivity contribution in [2.45, 2.75) is 25.3 Å². The number of anilines is 1. The van der Waals surface area contributed by atoms with E-state index < -0.39 is 17.4 Å². The average molecular weight is 461 g/mol. The summed E-state index contributed by atoms with van der Waals surface area (Å²) in [7, 11) is 1.60.